The number of nitrogens with zero attached hydrogens (tertiary/aromatic N) is 1. The molecular formula is C10H20ClNO. The number of amides is 1. The van der Waals surface area contributed by atoms with E-state index in [1.165, 1.54) is 0 Å². The van der Waals surface area contributed by atoms with Crippen molar-refractivity contribution >= 4 is 17.5 Å². The van der Waals surface area contributed by atoms with E-state index in [1.807, 2.05) is 34.7 Å². The molecule has 0 radical (unpaired) electrons. The molecule has 0 aliphatic carbocycles. The van der Waals surface area contributed by atoms with E-state index in [9.17, 15) is 4.79 Å². The lowest BCUT2D eigenvalue weighted by Gasteiger charge is -2.26. The molecule has 0 saturated heterocycles. The molecule has 0 aliphatic heterocycles. The van der Waals surface area contributed by atoms with Crippen molar-refractivity contribution in [2.24, 2.45) is 5.41 Å². The van der Waals surface area contributed by atoms with E-state index in [0.717, 1.165) is 13.0 Å². The Hall–Kier alpha value is -0.240. The van der Waals surface area contributed by atoms with E-state index in [4.69, 9.17) is 11.6 Å². The maximum absolute atomic E-state index is 11.7. The summed E-state index contributed by atoms with van der Waals surface area (Å²) in [7, 11) is 1.83. The van der Waals surface area contributed by atoms with Crippen LogP contribution in [0.2, 0.25) is 0 Å². The van der Waals surface area contributed by atoms with Crippen molar-refractivity contribution in [2.45, 2.75) is 39.5 Å². The molecule has 0 aromatic carbocycles. The highest BCUT2D eigenvalue weighted by atomic mass is 35.5. The first kappa shape index (κ1) is 12.8. The van der Waals surface area contributed by atoms with Gasteiger partial charge in [0, 0.05) is 24.4 Å². The van der Waals surface area contributed by atoms with E-state index < -0.39 is 0 Å². The predicted molar refractivity (Wildman–Crippen MR) is 57.0 cm³/mol. The van der Waals surface area contributed by atoms with Crippen molar-refractivity contribution in [3.05, 3.63) is 0 Å². The molecule has 1 unspecified atom stereocenters. The molecule has 1 atom stereocenters. The Morgan fingerprint density at radius 2 is 1.92 bits per heavy atom. The van der Waals surface area contributed by atoms with Crippen LogP contribution in [-0.2, 0) is 4.79 Å². The normalized spacial score (nSPS) is 14.0. The van der Waals surface area contributed by atoms with Gasteiger partial charge in [-0.05, 0) is 13.3 Å². The Kier molecular flexibility index (Phi) is 4.76. The van der Waals surface area contributed by atoms with Crippen LogP contribution in [0.1, 0.15) is 34.1 Å². The summed E-state index contributed by atoms with van der Waals surface area (Å²) in [6.07, 6.45) is 0.847. The zero-order valence-electron chi connectivity index (χ0n) is 9.22. The largest absolute Gasteiger partial charge is 0.345 e. The van der Waals surface area contributed by atoms with Crippen molar-refractivity contribution in [2.75, 3.05) is 13.6 Å². The average Bonchev–Trinajstić information content (AvgIpc) is 1.96. The van der Waals surface area contributed by atoms with Gasteiger partial charge in [-0.2, -0.15) is 0 Å². The number of hydrogen-bond donors (Lipinski definition) is 0. The molecule has 2 nitrogen and oxygen atoms in total. The van der Waals surface area contributed by atoms with E-state index in [-0.39, 0.29) is 16.7 Å². The topological polar surface area (TPSA) is 20.3 Å². The smallest absolute Gasteiger partial charge is 0.227 e. The Balaban J connectivity index is 3.98. The van der Waals surface area contributed by atoms with Gasteiger partial charge in [-0.25, -0.2) is 0 Å². The second kappa shape index (κ2) is 4.85. The SMILES string of the molecule is CC(Cl)CCN(C)C(=O)C(C)(C)C. The molecule has 78 valence electrons. The van der Waals surface area contributed by atoms with Crippen LogP contribution in [0.3, 0.4) is 0 Å². The van der Waals surface area contributed by atoms with Crippen LogP contribution in [0, 0.1) is 5.41 Å². The lowest BCUT2D eigenvalue weighted by molar-refractivity contribution is -0.138. The summed E-state index contributed by atoms with van der Waals surface area (Å²) in [5.41, 5.74) is -0.287. The van der Waals surface area contributed by atoms with Crippen LogP contribution in [0.5, 0.6) is 0 Å². The summed E-state index contributed by atoms with van der Waals surface area (Å²) in [6.45, 7) is 8.46. The third kappa shape index (κ3) is 5.14. The summed E-state index contributed by atoms with van der Waals surface area (Å²) in [5, 5.41) is 0.134. The molecule has 0 heterocycles. The molecule has 1 amide bonds. The summed E-state index contributed by atoms with van der Waals surface area (Å²) in [6, 6.07) is 0. The molecule has 0 bridgehead atoms. The molecule has 0 aliphatic rings. The van der Waals surface area contributed by atoms with Crippen LogP contribution >= 0.6 is 11.6 Å². The number of carbonyl (C=O) groups is 1. The van der Waals surface area contributed by atoms with Gasteiger partial charge in [-0.15, -0.1) is 11.6 Å². The van der Waals surface area contributed by atoms with Crippen LogP contribution in [0.4, 0.5) is 0 Å². The summed E-state index contributed by atoms with van der Waals surface area (Å²) in [4.78, 5) is 13.4. The molecule has 0 saturated carbocycles. The molecule has 0 N–H and O–H groups in total. The van der Waals surface area contributed by atoms with Crippen LogP contribution in [0.15, 0.2) is 0 Å². The Morgan fingerprint density at radius 3 is 2.23 bits per heavy atom. The minimum absolute atomic E-state index is 0.134. The third-order valence-corrected chi connectivity index (χ3v) is 2.07. The first-order valence-corrected chi connectivity index (χ1v) is 5.08. The van der Waals surface area contributed by atoms with Gasteiger partial charge in [0.05, 0.1) is 0 Å². The predicted octanol–water partition coefficient (Wildman–Crippen LogP) is 2.51. The van der Waals surface area contributed by atoms with Crippen molar-refractivity contribution < 1.29 is 4.79 Å². The highest BCUT2D eigenvalue weighted by molar-refractivity contribution is 6.20. The summed E-state index contributed by atoms with van der Waals surface area (Å²) < 4.78 is 0. The van der Waals surface area contributed by atoms with E-state index in [1.54, 1.807) is 4.90 Å². The first-order chi connectivity index (χ1) is 5.75. The first-order valence-electron chi connectivity index (χ1n) is 4.64. The number of halogens is 1. The van der Waals surface area contributed by atoms with Gasteiger partial charge in [0.1, 0.15) is 0 Å². The number of carbonyl (C=O) groups excluding carboxylic acids is 1. The van der Waals surface area contributed by atoms with E-state index in [0.29, 0.717) is 0 Å². The minimum atomic E-state index is -0.287. The van der Waals surface area contributed by atoms with Gasteiger partial charge >= 0.3 is 0 Å². The second-order valence-corrected chi connectivity index (χ2v) is 5.29. The van der Waals surface area contributed by atoms with Crippen molar-refractivity contribution in [3.8, 4) is 0 Å². The molecule has 0 aromatic rings. The summed E-state index contributed by atoms with van der Waals surface area (Å²) in [5.74, 6) is 0.171. The van der Waals surface area contributed by atoms with Gasteiger partial charge in [0.2, 0.25) is 5.91 Å². The van der Waals surface area contributed by atoms with Crippen molar-refractivity contribution in [3.63, 3.8) is 0 Å². The standard InChI is InChI=1S/C10H20ClNO/c1-8(11)6-7-12(5)9(13)10(2,3)4/h8H,6-7H2,1-5H3. The Morgan fingerprint density at radius 1 is 1.46 bits per heavy atom. The fourth-order valence-electron chi connectivity index (χ4n) is 1.05. The van der Waals surface area contributed by atoms with Crippen molar-refractivity contribution in [1.29, 1.82) is 0 Å². The number of rotatable bonds is 3. The Labute approximate surface area is 86.2 Å². The average molecular weight is 206 g/mol. The zero-order chi connectivity index (χ0) is 10.6. The Bertz CT molecular complexity index is 172. The molecule has 13 heavy (non-hydrogen) atoms. The molecule has 0 rings (SSSR count). The van der Waals surface area contributed by atoms with Crippen LogP contribution in [-0.4, -0.2) is 29.8 Å². The highest BCUT2D eigenvalue weighted by Gasteiger charge is 2.24. The van der Waals surface area contributed by atoms with E-state index in [2.05, 4.69) is 0 Å². The lowest BCUT2D eigenvalue weighted by Crippen LogP contribution is -2.37. The molecule has 0 aromatic heterocycles. The van der Waals surface area contributed by atoms with E-state index >= 15 is 0 Å². The second-order valence-electron chi connectivity index (χ2n) is 4.55. The molecule has 0 fully saturated rings. The fraction of sp³-hybridized carbons (Fsp3) is 0.900. The highest BCUT2D eigenvalue weighted by Crippen LogP contribution is 2.16. The van der Waals surface area contributed by atoms with Gasteiger partial charge in [0.15, 0.2) is 0 Å². The fourth-order valence-corrected chi connectivity index (χ4v) is 1.14. The molecule has 3 heteroatoms. The third-order valence-electron chi connectivity index (χ3n) is 1.85. The number of hydrogen-bond acceptors (Lipinski definition) is 1. The van der Waals surface area contributed by atoms with Crippen molar-refractivity contribution in [1.82, 2.24) is 4.90 Å². The number of alkyl halides is 1. The zero-order valence-corrected chi connectivity index (χ0v) is 9.98. The molecule has 0 spiro atoms. The summed E-state index contributed by atoms with van der Waals surface area (Å²) >= 11 is 5.80. The quantitative estimate of drug-likeness (QED) is 0.649. The lowest BCUT2D eigenvalue weighted by atomic mass is 9.95. The van der Waals surface area contributed by atoms with Gasteiger partial charge in [0.25, 0.3) is 0 Å². The van der Waals surface area contributed by atoms with Crippen LogP contribution < -0.4 is 0 Å². The van der Waals surface area contributed by atoms with Gasteiger partial charge < -0.3 is 4.90 Å². The minimum Gasteiger partial charge on any atom is -0.345 e. The monoisotopic (exact) mass is 205 g/mol. The maximum atomic E-state index is 11.7. The molecular weight excluding hydrogens is 186 g/mol. The van der Waals surface area contributed by atoms with Crippen LogP contribution in [0.25, 0.3) is 0 Å². The van der Waals surface area contributed by atoms with Gasteiger partial charge in [-0.1, -0.05) is 20.8 Å². The maximum Gasteiger partial charge on any atom is 0.227 e. The van der Waals surface area contributed by atoms with Gasteiger partial charge in [-0.3, -0.25) is 4.79 Å².